The third kappa shape index (κ3) is 3.34. The standard InChI is InChI=1S/C28H21NO4/c1-33-23-17-8-7-15-22(23)25-24(27(31)28(32)29(25)19-12-3-2-4-13-19)26(30)21-16-9-11-18-10-5-6-14-20(18)21/h2-17,25,30H,1H3/b26-24+. The SMILES string of the molecule is COc1ccccc1C1/C(=C(\O)c2cccc3ccccc23)C(=O)C(=O)N1c1ccccc1. The maximum Gasteiger partial charge on any atom is 0.300 e. The Kier molecular flexibility index (Phi) is 5.15. The number of carbonyl (C=O) groups excluding carboxylic acids is 2. The Morgan fingerprint density at radius 3 is 2.27 bits per heavy atom. The highest BCUT2D eigenvalue weighted by atomic mass is 16.5. The molecule has 162 valence electrons. The van der Waals surface area contributed by atoms with Gasteiger partial charge in [0.1, 0.15) is 11.5 Å². The number of amides is 1. The third-order valence-electron chi connectivity index (χ3n) is 5.96. The van der Waals surface area contributed by atoms with Crippen molar-refractivity contribution in [2.75, 3.05) is 12.0 Å². The molecule has 0 radical (unpaired) electrons. The van der Waals surface area contributed by atoms with Gasteiger partial charge in [0, 0.05) is 16.8 Å². The molecular formula is C28H21NO4. The van der Waals surface area contributed by atoms with Gasteiger partial charge in [-0.05, 0) is 29.0 Å². The van der Waals surface area contributed by atoms with E-state index in [1.807, 2.05) is 60.7 Å². The number of hydrogen-bond donors (Lipinski definition) is 1. The van der Waals surface area contributed by atoms with E-state index in [4.69, 9.17) is 4.74 Å². The van der Waals surface area contributed by atoms with Crippen LogP contribution in [0.3, 0.4) is 0 Å². The number of benzene rings is 4. The van der Waals surface area contributed by atoms with Crippen molar-refractivity contribution >= 4 is 33.9 Å². The van der Waals surface area contributed by atoms with Gasteiger partial charge in [-0.2, -0.15) is 0 Å². The molecule has 1 atom stereocenters. The summed E-state index contributed by atoms with van der Waals surface area (Å²) in [4.78, 5) is 28.1. The first-order valence-electron chi connectivity index (χ1n) is 10.6. The second-order valence-corrected chi connectivity index (χ2v) is 7.77. The second kappa shape index (κ2) is 8.28. The number of Topliss-reactive ketones (excluding diaryl/α,β-unsaturated/α-hetero) is 1. The molecule has 0 aromatic heterocycles. The minimum absolute atomic E-state index is 0.0321. The van der Waals surface area contributed by atoms with Crippen LogP contribution in [0.4, 0.5) is 5.69 Å². The van der Waals surface area contributed by atoms with Gasteiger partial charge in [-0.1, -0.05) is 78.9 Å². The van der Waals surface area contributed by atoms with E-state index >= 15 is 0 Å². The minimum atomic E-state index is -0.845. The number of ether oxygens (including phenoxy) is 1. The fourth-order valence-corrected chi connectivity index (χ4v) is 4.45. The molecule has 0 aliphatic carbocycles. The predicted molar refractivity (Wildman–Crippen MR) is 128 cm³/mol. The molecule has 5 heteroatoms. The van der Waals surface area contributed by atoms with Crippen LogP contribution in [0.2, 0.25) is 0 Å². The molecule has 0 bridgehead atoms. The first kappa shape index (κ1) is 20.5. The van der Waals surface area contributed by atoms with Gasteiger partial charge in [0.15, 0.2) is 0 Å². The van der Waals surface area contributed by atoms with Crippen LogP contribution in [-0.2, 0) is 9.59 Å². The minimum Gasteiger partial charge on any atom is -0.507 e. The van der Waals surface area contributed by atoms with Crippen LogP contribution in [0.25, 0.3) is 16.5 Å². The third-order valence-corrected chi connectivity index (χ3v) is 5.96. The van der Waals surface area contributed by atoms with Gasteiger partial charge in [0.25, 0.3) is 11.7 Å². The summed E-state index contributed by atoms with van der Waals surface area (Å²) in [6, 6.07) is 28.5. The average molecular weight is 435 g/mol. The van der Waals surface area contributed by atoms with E-state index < -0.39 is 17.7 Å². The van der Waals surface area contributed by atoms with Gasteiger partial charge < -0.3 is 9.84 Å². The Bertz CT molecular complexity index is 1400. The second-order valence-electron chi connectivity index (χ2n) is 7.77. The number of para-hydroxylation sites is 2. The summed E-state index contributed by atoms with van der Waals surface area (Å²) in [5.41, 5.74) is 1.71. The van der Waals surface area contributed by atoms with Crippen LogP contribution in [0, 0.1) is 0 Å². The lowest BCUT2D eigenvalue weighted by Crippen LogP contribution is -2.29. The number of aliphatic hydroxyl groups excluding tert-OH is 1. The average Bonchev–Trinajstić information content (AvgIpc) is 3.13. The van der Waals surface area contributed by atoms with E-state index in [2.05, 4.69) is 0 Å². The summed E-state index contributed by atoms with van der Waals surface area (Å²) in [5.74, 6) is -1.12. The van der Waals surface area contributed by atoms with Crippen molar-refractivity contribution < 1.29 is 19.4 Å². The number of fused-ring (bicyclic) bond motifs is 1. The van der Waals surface area contributed by atoms with Crippen LogP contribution in [0.15, 0.2) is 103 Å². The highest BCUT2D eigenvalue weighted by Gasteiger charge is 2.47. The van der Waals surface area contributed by atoms with Crippen molar-refractivity contribution in [3.05, 3.63) is 114 Å². The van der Waals surface area contributed by atoms with E-state index in [0.29, 0.717) is 22.6 Å². The predicted octanol–water partition coefficient (Wildman–Crippen LogP) is 5.47. The van der Waals surface area contributed by atoms with Crippen LogP contribution in [0.1, 0.15) is 17.2 Å². The maximum atomic E-state index is 13.4. The maximum absolute atomic E-state index is 13.4. The zero-order valence-electron chi connectivity index (χ0n) is 17.9. The summed E-state index contributed by atoms with van der Waals surface area (Å²) >= 11 is 0. The number of ketones is 1. The normalized spacial score (nSPS) is 17.5. The molecule has 0 saturated carbocycles. The first-order valence-corrected chi connectivity index (χ1v) is 10.6. The van der Waals surface area contributed by atoms with E-state index in [0.717, 1.165) is 10.8 Å². The van der Waals surface area contributed by atoms with Crippen LogP contribution >= 0.6 is 0 Å². The summed E-state index contributed by atoms with van der Waals surface area (Å²) in [6.07, 6.45) is 0. The molecule has 5 nitrogen and oxygen atoms in total. The molecule has 5 rings (SSSR count). The van der Waals surface area contributed by atoms with Gasteiger partial charge >= 0.3 is 0 Å². The molecule has 1 fully saturated rings. The Morgan fingerprint density at radius 2 is 1.48 bits per heavy atom. The molecule has 1 aliphatic rings. The highest BCUT2D eigenvalue weighted by Crippen LogP contribution is 2.45. The van der Waals surface area contributed by atoms with Crippen molar-refractivity contribution in [2.45, 2.75) is 6.04 Å². The van der Waals surface area contributed by atoms with Crippen molar-refractivity contribution in [2.24, 2.45) is 0 Å². The fourth-order valence-electron chi connectivity index (χ4n) is 4.45. The van der Waals surface area contributed by atoms with Crippen molar-refractivity contribution in [1.82, 2.24) is 0 Å². The molecule has 1 unspecified atom stereocenters. The number of hydrogen-bond acceptors (Lipinski definition) is 4. The quantitative estimate of drug-likeness (QED) is 0.262. The van der Waals surface area contributed by atoms with Crippen molar-refractivity contribution in [3.8, 4) is 5.75 Å². The Morgan fingerprint density at radius 1 is 0.818 bits per heavy atom. The number of anilines is 1. The summed E-state index contributed by atoms with van der Waals surface area (Å²) < 4.78 is 5.56. The number of methoxy groups -OCH3 is 1. The number of rotatable bonds is 4. The van der Waals surface area contributed by atoms with Gasteiger partial charge in [0.05, 0.1) is 18.7 Å². The van der Waals surface area contributed by atoms with Gasteiger partial charge in [-0.25, -0.2) is 0 Å². The van der Waals surface area contributed by atoms with Gasteiger partial charge in [-0.15, -0.1) is 0 Å². The smallest absolute Gasteiger partial charge is 0.300 e. The monoisotopic (exact) mass is 435 g/mol. The number of nitrogens with zero attached hydrogens (tertiary/aromatic N) is 1. The number of aliphatic hydroxyl groups is 1. The topological polar surface area (TPSA) is 66.8 Å². The molecule has 1 amide bonds. The summed E-state index contributed by atoms with van der Waals surface area (Å²) in [6.45, 7) is 0. The zero-order chi connectivity index (χ0) is 22.9. The summed E-state index contributed by atoms with van der Waals surface area (Å²) in [7, 11) is 1.54. The lowest BCUT2D eigenvalue weighted by molar-refractivity contribution is -0.132. The largest absolute Gasteiger partial charge is 0.507 e. The molecule has 1 N–H and O–H groups in total. The molecule has 4 aromatic carbocycles. The zero-order valence-corrected chi connectivity index (χ0v) is 17.9. The Hall–Kier alpha value is -4.38. The van der Waals surface area contributed by atoms with Crippen molar-refractivity contribution in [3.63, 3.8) is 0 Å². The lowest BCUT2D eigenvalue weighted by Gasteiger charge is -2.26. The molecular weight excluding hydrogens is 414 g/mol. The molecule has 1 heterocycles. The molecule has 0 spiro atoms. The van der Waals surface area contributed by atoms with E-state index in [1.54, 1.807) is 36.4 Å². The molecule has 4 aromatic rings. The summed E-state index contributed by atoms with van der Waals surface area (Å²) in [5, 5.41) is 13.2. The van der Waals surface area contributed by atoms with E-state index in [9.17, 15) is 14.7 Å². The fraction of sp³-hybridized carbons (Fsp3) is 0.0714. The van der Waals surface area contributed by atoms with E-state index in [1.165, 1.54) is 12.0 Å². The molecule has 1 saturated heterocycles. The van der Waals surface area contributed by atoms with Gasteiger partial charge in [-0.3, -0.25) is 14.5 Å². The first-order chi connectivity index (χ1) is 16.1. The van der Waals surface area contributed by atoms with Crippen molar-refractivity contribution in [1.29, 1.82) is 0 Å². The Labute approximate surface area is 191 Å². The molecule has 33 heavy (non-hydrogen) atoms. The molecule has 1 aliphatic heterocycles. The highest BCUT2D eigenvalue weighted by molar-refractivity contribution is 6.51. The van der Waals surface area contributed by atoms with E-state index in [-0.39, 0.29) is 11.3 Å². The number of carbonyl (C=O) groups is 2. The Balaban J connectivity index is 1.81. The van der Waals surface area contributed by atoms with Gasteiger partial charge in [0.2, 0.25) is 0 Å². The lowest BCUT2D eigenvalue weighted by atomic mass is 9.93. The van der Waals surface area contributed by atoms with Crippen LogP contribution < -0.4 is 9.64 Å². The van der Waals surface area contributed by atoms with Crippen LogP contribution in [-0.4, -0.2) is 23.9 Å². The van der Waals surface area contributed by atoms with Crippen LogP contribution in [0.5, 0.6) is 5.75 Å².